The molecule has 0 amide bonds. The van der Waals surface area contributed by atoms with Crippen molar-refractivity contribution in [3.8, 4) is 11.1 Å². The molecule has 3 nitrogen and oxygen atoms in total. The van der Waals surface area contributed by atoms with Crippen LogP contribution < -0.4 is 11.1 Å². The van der Waals surface area contributed by atoms with Gasteiger partial charge in [0.2, 0.25) is 0 Å². The Labute approximate surface area is 154 Å². The van der Waals surface area contributed by atoms with Crippen LogP contribution in [0.3, 0.4) is 0 Å². The third-order valence-electron chi connectivity index (χ3n) is 5.99. The highest BCUT2D eigenvalue weighted by atomic mass is 32.1. The molecule has 2 saturated heterocycles. The molecule has 25 heavy (non-hydrogen) atoms. The van der Waals surface area contributed by atoms with Crippen LogP contribution in [0.2, 0.25) is 0 Å². The van der Waals surface area contributed by atoms with Crippen LogP contribution in [0, 0.1) is 0 Å². The third-order valence-corrected chi connectivity index (χ3v) is 6.67. The maximum Gasteiger partial charge on any atom is 0.0391 e. The second kappa shape index (κ2) is 6.94. The number of thiophene rings is 1. The lowest BCUT2D eigenvalue weighted by molar-refractivity contribution is 0.151. The number of rotatable bonds is 5. The zero-order valence-corrected chi connectivity index (χ0v) is 15.7. The Morgan fingerprint density at radius 2 is 2.00 bits per heavy atom. The first kappa shape index (κ1) is 16.8. The molecule has 2 aliphatic heterocycles. The fraction of sp³-hybridized carbons (Fsp3) is 0.429. The van der Waals surface area contributed by atoms with Crippen molar-refractivity contribution in [1.29, 1.82) is 0 Å². The largest absolute Gasteiger partial charge is 0.398 e. The number of piperidine rings is 1. The van der Waals surface area contributed by atoms with Gasteiger partial charge in [-0.3, -0.25) is 0 Å². The number of nitrogens with two attached hydrogens (primary N) is 1. The molecule has 4 heteroatoms. The first-order valence-electron chi connectivity index (χ1n) is 9.17. The lowest BCUT2D eigenvalue weighted by atomic mass is 9.96. The van der Waals surface area contributed by atoms with Crippen molar-refractivity contribution in [3.63, 3.8) is 0 Å². The summed E-state index contributed by atoms with van der Waals surface area (Å²) < 4.78 is 0. The Morgan fingerprint density at radius 1 is 1.24 bits per heavy atom. The molecule has 1 aromatic heterocycles. The van der Waals surface area contributed by atoms with E-state index in [9.17, 15) is 0 Å². The normalized spacial score (nSPS) is 26.0. The highest BCUT2D eigenvalue weighted by Crippen LogP contribution is 2.34. The average molecular weight is 354 g/mol. The predicted octanol–water partition coefficient (Wildman–Crippen LogP) is 4.23. The topological polar surface area (TPSA) is 41.3 Å². The minimum Gasteiger partial charge on any atom is -0.398 e. The van der Waals surface area contributed by atoms with E-state index in [1.807, 2.05) is 6.07 Å². The van der Waals surface area contributed by atoms with Gasteiger partial charge in [-0.05, 0) is 78.4 Å². The molecule has 0 radical (unpaired) electrons. The van der Waals surface area contributed by atoms with Crippen molar-refractivity contribution >= 4 is 22.6 Å². The number of anilines is 1. The van der Waals surface area contributed by atoms with Crippen LogP contribution in [-0.2, 0) is 0 Å². The Balaban J connectivity index is 1.42. The van der Waals surface area contributed by atoms with E-state index in [2.05, 4.69) is 52.8 Å². The van der Waals surface area contributed by atoms with E-state index < -0.39 is 0 Å². The van der Waals surface area contributed by atoms with Crippen LogP contribution in [0.1, 0.15) is 31.2 Å². The van der Waals surface area contributed by atoms with E-state index in [1.165, 1.54) is 36.8 Å². The van der Waals surface area contributed by atoms with E-state index in [1.54, 1.807) is 11.3 Å². The maximum atomic E-state index is 6.23. The predicted molar refractivity (Wildman–Crippen MR) is 109 cm³/mol. The highest BCUT2D eigenvalue weighted by molar-refractivity contribution is 7.08. The molecule has 2 unspecified atom stereocenters. The molecule has 0 aliphatic carbocycles. The maximum absolute atomic E-state index is 6.23. The summed E-state index contributed by atoms with van der Waals surface area (Å²) in [4.78, 5) is 2.58. The van der Waals surface area contributed by atoms with E-state index >= 15 is 0 Å². The Morgan fingerprint density at radius 3 is 2.68 bits per heavy atom. The van der Waals surface area contributed by atoms with Crippen molar-refractivity contribution in [2.45, 2.75) is 43.8 Å². The molecule has 2 fully saturated rings. The number of nitrogens with zero attached hydrogens (tertiary/aromatic N) is 1. The van der Waals surface area contributed by atoms with E-state index in [-0.39, 0.29) is 0 Å². The zero-order valence-electron chi connectivity index (χ0n) is 14.9. The molecule has 2 aliphatic rings. The average Bonchev–Trinajstić information content (AvgIpc) is 3.20. The quantitative estimate of drug-likeness (QED) is 0.791. The molecule has 1 aromatic carbocycles. The Kier molecular flexibility index (Phi) is 4.67. The first-order chi connectivity index (χ1) is 12.1. The summed E-state index contributed by atoms with van der Waals surface area (Å²) in [5.41, 5.74) is 11.7. The van der Waals surface area contributed by atoms with Gasteiger partial charge >= 0.3 is 0 Å². The van der Waals surface area contributed by atoms with Gasteiger partial charge in [-0.25, -0.2) is 0 Å². The summed E-state index contributed by atoms with van der Waals surface area (Å²) in [5, 5.41) is 8.02. The van der Waals surface area contributed by atoms with Crippen LogP contribution in [0.15, 0.2) is 41.6 Å². The summed E-state index contributed by atoms with van der Waals surface area (Å²) in [6.07, 6.45) is 5.22. The third kappa shape index (κ3) is 3.39. The summed E-state index contributed by atoms with van der Waals surface area (Å²) in [6, 6.07) is 10.5. The SMILES string of the molecule is C=C(CNC1CC2CCC(C1)N2C)c1cc(-c2ccsc2)ccc1N. The lowest BCUT2D eigenvalue weighted by Gasteiger charge is -2.36. The molecule has 3 N–H and O–H groups in total. The minimum absolute atomic E-state index is 0.603. The highest BCUT2D eigenvalue weighted by Gasteiger charge is 2.38. The smallest absolute Gasteiger partial charge is 0.0391 e. The summed E-state index contributed by atoms with van der Waals surface area (Å²) in [6.45, 7) is 5.12. The second-order valence-corrected chi connectivity index (χ2v) is 8.30. The van der Waals surface area contributed by atoms with Crippen LogP contribution >= 0.6 is 11.3 Å². The Bertz CT molecular complexity index is 739. The van der Waals surface area contributed by atoms with E-state index in [4.69, 9.17) is 5.73 Å². The number of benzene rings is 1. The van der Waals surface area contributed by atoms with Gasteiger partial charge in [0.1, 0.15) is 0 Å². The monoisotopic (exact) mass is 353 g/mol. The van der Waals surface area contributed by atoms with Gasteiger partial charge in [0.25, 0.3) is 0 Å². The molecule has 0 saturated carbocycles. The van der Waals surface area contributed by atoms with Gasteiger partial charge < -0.3 is 16.0 Å². The van der Waals surface area contributed by atoms with Crippen molar-refractivity contribution < 1.29 is 0 Å². The molecule has 3 heterocycles. The van der Waals surface area contributed by atoms with Gasteiger partial charge in [0.15, 0.2) is 0 Å². The number of hydrogen-bond donors (Lipinski definition) is 2. The molecule has 0 spiro atoms. The van der Waals surface area contributed by atoms with Gasteiger partial charge in [0, 0.05) is 35.9 Å². The Hall–Kier alpha value is -1.62. The van der Waals surface area contributed by atoms with Crippen molar-refractivity contribution in [3.05, 3.63) is 47.2 Å². The molecule has 2 aromatic rings. The van der Waals surface area contributed by atoms with E-state index in [0.717, 1.165) is 35.5 Å². The van der Waals surface area contributed by atoms with E-state index in [0.29, 0.717) is 6.04 Å². The van der Waals surface area contributed by atoms with Crippen molar-refractivity contribution in [2.75, 3.05) is 19.3 Å². The van der Waals surface area contributed by atoms with Crippen LogP contribution in [0.25, 0.3) is 16.7 Å². The molecular formula is C21H27N3S. The van der Waals surface area contributed by atoms with Gasteiger partial charge in [0.05, 0.1) is 0 Å². The summed E-state index contributed by atoms with van der Waals surface area (Å²) in [5.74, 6) is 0. The number of fused-ring (bicyclic) bond motifs is 2. The molecular weight excluding hydrogens is 326 g/mol. The number of hydrogen-bond acceptors (Lipinski definition) is 4. The van der Waals surface area contributed by atoms with Crippen LogP contribution in [-0.4, -0.2) is 36.6 Å². The standard InChI is InChI=1S/C21H27N3S/c1-14(12-23-17-10-18-4-5-19(11-17)24(18)2)20-9-15(3-6-21(20)22)16-7-8-25-13-16/h3,6-9,13,17-19,23H,1,4-5,10-12,22H2,2H3. The fourth-order valence-corrected chi connectivity index (χ4v) is 5.08. The van der Waals surface area contributed by atoms with Crippen LogP contribution in [0.5, 0.6) is 0 Å². The van der Waals surface area contributed by atoms with Crippen LogP contribution in [0.4, 0.5) is 5.69 Å². The summed E-state index contributed by atoms with van der Waals surface area (Å²) in [7, 11) is 2.29. The van der Waals surface area contributed by atoms with Crippen molar-refractivity contribution in [1.82, 2.24) is 10.2 Å². The molecule has 4 rings (SSSR count). The van der Waals surface area contributed by atoms with Gasteiger partial charge in [-0.2, -0.15) is 11.3 Å². The second-order valence-electron chi connectivity index (χ2n) is 7.52. The fourth-order valence-electron chi connectivity index (χ4n) is 4.41. The summed E-state index contributed by atoms with van der Waals surface area (Å²) >= 11 is 1.72. The lowest BCUT2D eigenvalue weighted by Crippen LogP contribution is -2.47. The first-order valence-corrected chi connectivity index (χ1v) is 10.1. The van der Waals surface area contributed by atoms with Gasteiger partial charge in [-0.15, -0.1) is 0 Å². The minimum atomic E-state index is 0.603. The molecule has 2 atom stereocenters. The van der Waals surface area contributed by atoms with Crippen molar-refractivity contribution in [2.24, 2.45) is 0 Å². The molecule has 2 bridgehead atoms. The van der Waals surface area contributed by atoms with Gasteiger partial charge in [-0.1, -0.05) is 12.6 Å². The number of nitrogens with one attached hydrogen (secondary N) is 1. The molecule has 132 valence electrons. The zero-order chi connectivity index (χ0) is 17.4. The number of nitrogen functional groups attached to an aromatic ring is 1.